The van der Waals surface area contributed by atoms with Gasteiger partial charge < -0.3 is 9.84 Å². The van der Waals surface area contributed by atoms with Gasteiger partial charge in [0.15, 0.2) is 0 Å². The Bertz CT molecular complexity index is 596. The second kappa shape index (κ2) is 9.21. The largest absolute Gasteiger partial charge is 0.481 e. The number of hydrogen-bond donors (Lipinski definition) is 3. The lowest BCUT2D eigenvalue weighted by molar-refractivity contribution is -0.137. The Labute approximate surface area is 146 Å². The van der Waals surface area contributed by atoms with E-state index in [9.17, 15) is 9.59 Å². The highest BCUT2D eigenvalue weighted by molar-refractivity contribution is 7.81. The molecule has 0 spiro atoms. The number of nitrogens with one attached hydrogen (secondary N) is 1. The van der Waals surface area contributed by atoms with E-state index in [2.05, 4.69) is 33.1 Å². The number of rotatable bonds is 9. The molecule has 2 N–H and O–H groups in total. The van der Waals surface area contributed by atoms with Gasteiger partial charge in [0.2, 0.25) is 5.91 Å². The van der Waals surface area contributed by atoms with Gasteiger partial charge >= 0.3 is 12.0 Å². The summed E-state index contributed by atoms with van der Waals surface area (Å²) in [5.41, 5.74) is 3.65. The molecule has 0 atom stereocenters. The van der Waals surface area contributed by atoms with E-state index >= 15 is 0 Å². The van der Waals surface area contributed by atoms with Gasteiger partial charge in [0.05, 0.1) is 12.3 Å². The van der Waals surface area contributed by atoms with Crippen LogP contribution in [0.25, 0.3) is 0 Å². The summed E-state index contributed by atoms with van der Waals surface area (Å²) in [6.07, 6.45) is 3.70. The van der Waals surface area contributed by atoms with Crippen molar-refractivity contribution in [3.8, 4) is 6.01 Å². The summed E-state index contributed by atoms with van der Waals surface area (Å²) in [4.78, 5) is 30.1. The van der Waals surface area contributed by atoms with Crippen LogP contribution in [-0.4, -0.2) is 44.0 Å². The maximum absolute atomic E-state index is 11.7. The van der Waals surface area contributed by atoms with Gasteiger partial charge in [0.1, 0.15) is 0 Å². The van der Waals surface area contributed by atoms with E-state index in [0.717, 1.165) is 0 Å². The molecule has 9 heteroatoms. The van der Waals surface area contributed by atoms with E-state index in [1.165, 1.54) is 12.4 Å². The molecule has 0 radical (unpaired) electrons. The fourth-order valence-electron chi connectivity index (χ4n) is 1.61. The zero-order valence-electron chi connectivity index (χ0n) is 13.9. The van der Waals surface area contributed by atoms with E-state index in [1.807, 2.05) is 13.8 Å². The van der Waals surface area contributed by atoms with Crippen LogP contribution in [0.3, 0.4) is 0 Å². The molecular formula is C15H22N4O4S. The van der Waals surface area contributed by atoms with Crippen LogP contribution in [-0.2, 0) is 9.59 Å². The number of carbonyl (C=O) groups excluding carboxylic acids is 1. The maximum atomic E-state index is 11.7. The number of thiol groups is 1. The van der Waals surface area contributed by atoms with Crippen molar-refractivity contribution in [1.82, 2.24) is 15.4 Å². The lowest BCUT2D eigenvalue weighted by atomic mass is 10.1. The summed E-state index contributed by atoms with van der Waals surface area (Å²) in [5.74, 6) is -1.10. The molecule has 0 fully saturated rings. The number of hydrazone groups is 1. The number of ether oxygens (including phenoxy) is 1. The highest BCUT2D eigenvalue weighted by Gasteiger charge is 2.16. The van der Waals surface area contributed by atoms with E-state index in [0.29, 0.717) is 17.7 Å². The molecule has 1 aromatic heterocycles. The Morgan fingerprint density at radius 3 is 2.54 bits per heavy atom. The predicted octanol–water partition coefficient (Wildman–Crippen LogP) is 1.66. The summed E-state index contributed by atoms with van der Waals surface area (Å²) in [6, 6.07) is 0.165. The molecule has 0 saturated carbocycles. The number of amides is 1. The fourth-order valence-corrected chi connectivity index (χ4v) is 1.75. The first kappa shape index (κ1) is 19.9. The smallest absolute Gasteiger partial charge is 0.316 e. The number of carboxylic acid groups (broad SMARTS) is 1. The van der Waals surface area contributed by atoms with Crippen molar-refractivity contribution in [3.05, 3.63) is 18.0 Å². The SMILES string of the molecule is C/C(=N\NC(=O)CC(C)(C)S)c1cnc(OCCCC(=O)O)nc1. The van der Waals surface area contributed by atoms with Crippen LogP contribution in [0.4, 0.5) is 0 Å². The van der Waals surface area contributed by atoms with Crippen molar-refractivity contribution < 1.29 is 19.4 Å². The minimum absolute atomic E-state index is 0.0344. The zero-order valence-corrected chi connectivity index (χ0v) is 14.8. The highest BCUT2D eigenvalue weighted by Crippen LogP contribution is 2.16. The Balaban J connectivity index is 2.50. The molecule has 132 valence electrons. The van der Waals surface area contributed by atoms with Crippen LogP contribution in [0.1, 0.15) is 45.6 Å². The summed E-state index contributed by atoms with van der Waals surface area (Å²) in [7, 11) is 0. The van der Waals surface area contributed by atoms with E-state index in [1.54, 1.807) is 6.92 Å². The van der Waals surface area contributed by atoms with E-state index in [-0.39, 0.29) is 31.4 Å². The van der Waals surface area contributed by atoms with Crippen molar-refractivity contribution in [2.24, 2.45) is 5.10 Å². The molecule has 0 aliphatic rings. The first-order valence-electron chi connectivity index (χ1n) is 7.40. The lowest BCUT2D eigenvalue weighted by Crippen LogP contribution is -2.26. The topological polar surface area (TPSA) is 114 Å². The van der Waals surface area contributed by atoms with Gasteiger partial charge in [0.25, 0.3) is 0 Å². The van der Waals surface area contributed by atoms with E-state index < -0.39 is 10.7 Å². The van der Waals surface area contributed by atoms with Crippen molar-refractivity contribution in [1.29, 1.82) is 0 Å². The molecule has 1 amide bonds. The van der Waals surface area contributed by atoms with Gasteiger partial charge in [-0.2, -0.15) is 17.7 Å². The molecule has 0 unspecified atom stereocenters. The summed E-state index contributed by atoms with van der Waals surface area (Å²) < 4.78 is 4.83. The van der Waals surface area contributed by atoms with E-state index in [4.69, 9.17) is 9.84 Å². The highest BCUT2D eigenvalue weighted by atomic mass is 32.1. The van der Waals surface area contributed by atoms with Gasteiger partial charge in [-0.3, -0.25) is 9.59 Å². The van der Waals surface area contributed by atoms with Crippen molar-refractivity contribution in [2.75, 3.05) is 6.61 Å². The number of hydrogen-bond acceptors (Lipinski definition) is 7. The van der Waals surface area contributed by atoms with Gasteiger partial charge in [-0.25, -0.2) is 15.4 Å². The third-order valence-electron chi connectivity index (χ3n) is 2.75. The predicted molar refractivity (Wildman–Crippen MR) is 92.4 cm³/mol. The Morgan fingerprint density at radius 2 is 2.00 bits per heavy atom. The third-order valence-corrected chi connectivity index (χ3v) is 2.91. The molecule has 0 bridgehead atoms. The molecule has 1 aromatic rings. The van der Waals surface area contributed by atoms with Crippen LogP contribution >= 0.6 is 12.6 Å². The Morgan fingerprint density at radius 1 is 1.38 bits per heavy atom. The normalized spacial score (nSPS) is 11.9. The summed E-state index contributed by atoms with van der Waals surface area (Å²) in [6.45, 7) is 5.64. The van der Waals surface area contributed by atoms with Crippen molar-refractivity contribution >= 4 is 30.2 Å². The minimum atomic E-state index is -0.870. The molecular weight excluding hydrogens is 332 g/mol. The second-order valence-corrected chi connectivity index (χ2v) is 7.03. The number of nitrogens with zero attached hydrogens (tertiary/aromatic N) is 3. The zero-order chi connectivity index (χ0) is 18.2. The van der Waals surface area contributed by atoms with Crippen LogP contribution in [0.2, 0.25) is 0 Å². The number of carboxylic acids is 1. The minimum Gasteiger partial charge on any atom is -0.481 e. The maximum Gasteiger partial charge on any atom is 0.316 e. The lowest BCUT2D eigenvalue weighted by Gasteiger charge is -2.15. The van der Waals surface area contributed by atoms with Crippen molar-refractivity contribution in [2.45, 2.75) is 44.8 Å². The average Bonchev–Trinajstić information content (AvgIpc) is 2.48. The quantitative estimate of drug-likeness (QED) is 0.269. The first-order valence-corrected chi connectivity index (χ1v) is 7.84. The standard InChI is InChI=1S/C15H22N4O4S/c1-10(18-19-12(20)7-15(2,3)24)11-8-16-14(17-9-11)23-6-4-5-13(21)22/h8-9,24H,4-7H2,1-3H3,(H,19,20)(H,21,22)/b18-10+. The van der Waals surface area contributed by atoms with Crippen LogP contribution in [0, 0.1) is 0 Å². The number of aliphatic carboxylic acids is 1. The van der Waals surface area contributed by atoms with Gasteiger partial charge in [0, 0.05) is 35.5 Å². The summed E-state index contributed by atoms with van der Waals surface area (Å²) in [5, 5.41) is 12.5. The number of carbonyl (C=O) groups is 2. The van der Waals surface area contributed by atoms with Crippen LogP contribution < -0.4 is 10.2 Å². The Hall–Kier alpha value is -2.16. The number of aromatic nitrogens is 2. The van der Waals surface area contributed by atoms with Gasteiger partial charge in [-0.1, -0.05) is 13.8 Å². The molecule has 0 saturated heterocycles. The monoisotopic (exact) mass is 354 g/mol. The first-order chi connectivity index (χ1) is 11.2. The average molecular weight is 354 g/mol. The molecule has 24 heavy (non-hydrogen) atoms. The second-order valence-electron chi connectivity index (χ2n) is 5.82. The van der Waals surface area contributed by atoms with Crippen molar-refractivity contribution in [3.63, 3.8) is 0 Å². The fraction of sp³-hybridized carbons (Fsp3) is 0.533. The van der Waals surface area contributed by atoms with Crippen LogP contribution in [0.15, 0.2) is 17.5 Å². The Kier molecular flexibility index (Phi) is 7.63. The molecule has 1 rings (SSSR count). The van der Waals surface area contributed by atoms with Gasteiger partial charge in [-0.15, -0.1) is 0 Å². The van der Waals surface area contributed by atoms with Crippen LogP contribution in [0.5, 0.6) is 6.01 Å². The molecule has 1 heterocycles. The molecule has 0 aliphatic heterocycles. The molecule has 0 aromatic carbocycles. The molecule has 0 aliphatic carbocycles. The molecule has 8 nitrogen and oxygen atoms in total. The summed E-state index contributed by atoms with van der Waals surface area (Å²) >= 11 is 4.29. The third kappa shape index (κ3) is 8.47. The van der Waals surface area contributed by atoms with Gasteiger partial charge in [-0.05, 0) is 13.3 Å².